The summed E-state index contributed by atoms with van der Waals surface area (Å²) in [5.41, 5.74) is 0.560. The first kappa shape index (κ1) is 22.6. The van der Waals surface area contributed by atoms with Crippen LogP contribution in [0.15, 0.2) is 47.4 Å². The van der Waals surface area contributed by atoms with Gasteiger partial charge in [-0.05, 0) is 49.4 Å². The van der Waals surface area contributed by atoms with Crippen molar-refractivity contribution in [2.24, 2.45) is 0 Å². The molecule has 0 saturated heterocycles. The fourth-order valence-electron chi connectivity index (χ4n) is 2.10. The number of halogens is 2. The highest BCUT2D eigenvalue weighted by Gasteiger charge is 2.23. The van der Waals surface area contributed by atoms with E-state index < -0.39 is 34.5 Å². The van der Waals surface area contributed by atoms with Gasteiger partial charge >= 0.3 is 5.97 Å². The Hall–Kier alpha value is -2.64. The lowest BCUT2D eigenvalue weighted by molar-refractivity contribution is -0.148. The molecule has 1 atom stereocenters. The maximum absolute atomic E-state index is 12.2. The lowest BCUT2D eigenvalue weighted by Crippen LogP contribution is -2.40. The molecular formula is C18H15Cl2N3O5S. The first-order valence-corrected chi connectivity index (χ1v) is 10.3. The number of ether oxygens (including phenoxy) is 1. The van der Waals surface area contributed by atoms with E-state index in [0.29, 0.717) is 10.7 Å². The molecule has 0 aromatic heterocycles. The highest BCUT2D eigenvalue weighted by Crippen LogP contribution is 2.20. The Labute approximate surface area is 177 Å². The van der Waals surface area contributed by atoms with Crippen molar-refractivity contribution in [1.82, 2.24) is 4.72 Å². The van der Waals surface area contributed by atoms with E-state index in [2.05, 4.69) is 10.0 Å². The number of nitriles is 1. The molecule has 0 heterocycles. The van der Waals surface area contributed by atoms with Crippen LogP contribution in [0.2, 0.25) is 10.0 Å². The molecule has 29 heavy (non-hydrogen) atoms. The number of nitrogens with one attached hydrogen (secondary N) is 2. The van der Waals surface area contributed by atoms with Gasteiger partial charge in [0.25, 0.3) is 5.91 Å². The van der Waals surface area contributed by atoms with E-state index in [1.165, 1.54) is 49.4 Å². The molecule has 11 heteroatoms. The van der Waals surface area contributed by atoms with Crippen LogP contribution in [0.25, 0.3) is 0 Å². The van der Waals surface area contributed by atoms with Crippen molar-refractivity contribution in [3.63, 3.8) is 0 Å². The Morgan fingerprint density at radius 2 is 1.83 bits per heavy atom. The van der Waals surface area contributed by atoms with Crippen LogP contribution >= 0.6 is 23.2 Å². The van der Waals surface area contributed by atoms with Crippen LogP contribution in [0.1, 0.15) is 12.5 Å². The van der Waals surface area contributed by atoms with Gasteiger partial charge in [0.1, 0.15) is 12.1 Å². The molecule has 2 rings (SSSR count). The summed E-state index contributed by atoms with van der Waals surface area (Å²) in [6.45, 7) is 0.650. The molecule has 2 N–H and O–H groups in total. The zero-order chi connectivity index (χ0) is 21.6. The topological polar surface area (TPSA) is 125 Å². The Bertz CT molecular complexity index is 1070. The van der Waals surface area contributed by atoms with Crippen LogP contribution in [-0.2, 0) is 24.3 Å². The van der Waals surface area contributed by atoms with Gasteiger partial charge in [0.05, 0.1) is 15.5 Å². The summed E-state index contributed by atoms with van der Waals surface area (Å²) >= 11 is 11.6. The van der Waals surface area contributed by atoms with Crippen LogP contribution in [0, 0.1) is 11.3 Å². The Balaban J connectivity index is 1.89. The number of esters is 1. The summed E-state index contributed by atoms with van der Waals surface area (Å²) in [5.74, 6) is -1.59. The van der Waals surface area contributed by atoms with E-state index in [4.69, 9.17) is 33.2 Å². The van der Waals surface area contributed by atoms with E-state index in [-0.39, 0.29) is 15.5 Å². The lowest BCUT2D eigenvalue weighted by Gasteiger charge is -2.14. The third-order valence-electron chi connectivity index (χ3n) is 3.53. The molecule has 2 aromatic rings. The Kier molecular flexibility index (Phi) is 7.59. The fourth-order valence-corrected chi connectivity index (χ4v) is 3.65. The molecule has 8 nitrogen and oxygen atoms in total. The predicted octanol–water partition coefficient (Wildman–Crippen LogP) is 2.71. The average molecular weight is 456 g/mol. The minimum absolute atomic E-state index is 0.0722. The van der Waals surface area contributed by atoms with Gasteiger partial charge in [-0.2, -0.15) is 9.98 Å². The lowest BCUT2D eigenvalue weighted by atomic mass is 10.2. The standard InChI is InChI=1S/C18H15Cl2N3O5S/c1-11(23-29(26,27)15-6-3-13(19)4-7-15)18(25)28-10-17(24)22-14-5-2-12(9-21)16(20)8-14/h2-8,11,23H,10H2,1H3,(H,22,24)/t11-/m0/s1. The van der Waals surface area contributed by atoms with Gasteiger partial charge in [-0.25, -0.2) is 8.42 Å². The zero-order valence-electron chi connectivity index (χ0n) is 15.0. The largest absolute Gasteiger partial charge is 0.454 e. The first-order chi connectivity index (χ1) is 13.6. The molecule has 152 valence electrons. The van der Waals surface area contributed by atoms with Gasteiger partial charge in [0.15, 0.2) is 6.61 Å². The second kappa shape index (κ2) is 9.71. The SMILES string of the molecule is C[C@H](NS(=O)(=O)c1ccc(Cl)cc1)C(=O)OCC(=O)Nc1ccc(C#N)c(Cl)c1. The van der Waals surface area contributed by atoms with Crippen molar-refractivity contribution in [1.29, 1.82) is 5.26 Å². The number of carbonyl (C=O) groups excluding carboxylic acids is 2. The van der Waals surface area contributed by atoms with Crippen molar-refractivity contribution in [3.05, 3.63) is 58.1 Å². The molecule has 0 spiro atoms. The number of anilines is 1. The normalized spacial score (nSPS) is 11.9. The number of hydrogen-bond acceptors (Lipinski definition) is 6. The molecule has 0 aliphatic heterocycles. The summed E-state index contributed by atoms with van der Waals surface area (Å²) in [6, 6.07) is 10.3. The molecule has 1 amide bonds. The Morgan fingerprint density at radius 3 is 2.41 bits per heavy atom. The molecule has 0 unspecified atom stereocenters. The Morgan fingerprint density at radius 1 is 1.17 bits per heavy atom. The first-order valence-electron chi connectivity index (χ1n) is 8.06. The third-order valence-corrected chi connectivity index (χ3v) is 5.65. The molecule has 0 saturated carbocycles. The summed E-state index contributed by atoms with van der Waals surface area (Å²) in [7, 11) is -3.97. The van der Waals surface area contributed by atoms with E-state index in [1.54, 1.807) is 0 Å². The van der Waals surface area contributed by atoms with E-state index in [1.807, 2.05) is 6.07 Å². The highest BCUT2D eigenvalue weighted by molar-refractivity contribution is 7.89. The van der Waals surface area contributed by atoms with Gasteiger partial charge in [-0.1, -0.05) is 23.2 Å². The number of rotatable bonds is 7. The zero-order valence-corrected chi connectivity index (χ0v) is 17.3. The number of sulfonamides is 1. The van der Waals surface area contributed by atoms with E-state index in [0.717, 1.165) is 0 Å². The van der Waals surface area contributed by atoms with Gasteiger partial charge in [0.2, 0.25) is 10.0 Å². The highest BCUT2D eigenvalue weighted by atomic mass is 35.5. The summed E-state index contributed by atoms with van der Waals surface area (Å²) < 4.78 is 31.5. The van der Waals surface area contributed by atoms with Gasteiger partial charge in [-0.15, -0.1) is 0 Å². The quantitative estimate of drug-likeness (QED) is 0.618. The van der Waals surface area contributed by atoms with Crippen molar-refractivity contribution in [2.75, 3.05) is 11.9 Å². The number of amides is 1. The van der Waals surface area contributed by atoms with Gasteiger partial charge in [0, 0.05) is 10.7 Å². The van der Waals surface area contributed by atoms with Gasteiger partial charge in [-0.3, -0.25) is 9.59 Å². The number of carbonyl (C=O) groups is 2. The summed E-state index contributed by atoms with van der Waals surface area (Å²) in [6.07, 6.45) is 0. The van der Waals surface area contributed by atoms with Crippen molar-refractivity contribution in [2.45, 2.75) is 17.9 Å². The van der Waals surface area contributed by atoms with Gasteiger partial charge < -0.3 is 10.1 Å². The van der Waals surface area contributed by atoms with E-state index in [9.17, 15) is 18.0 Å². The average Bonchev–Trinajstić information content (AvgIpc) is 2.66. The van der Waals surface area contributed by atoms with Crippen LogP contribution in [0.3, 0.4) is 0 Å². The second-order valence-corrected chi connectivity index (χ2v) is 8.32. The number of nitrogens with zero attached hydrogens (tertiary/aromatic N) is 1. The van der Waals surface area contributed by atoms with Crippen molar-refractivity contribution in [3.8, 4) is 6.07 Å². The second-order valence-electron chi connectivity index (χ2n) is 5.76. The minimum Gasteiger partial charge on any atom is -0.454 e. The van der Waals surface area contributed by atoms with Crippen LogP contribution in [0.4, 0.5) is 5.69 Å². The molecule has 0 radical (unpaired) electrons. The molecule has 0 aliphatic carbocycles. The number of benzene rings is 2. The maximum Gasteiger partial charge on any atom is 0.324 e. The smallest absolute Gasteiger partial charge is 0.324 e. The maximum atomic E-state index is 12.2. The van der Waals surface area contributed by atoms with Crippen LogP contribution in [0.5, 0.6) is 0 Å². The summed E-state index contributed by atoms with van der Waals surface area (Å²) in [5, 5.41) is 11.8. The minimum atomic E-state index is -3.97. The predicted molar refractivity (Wildman–Crippen MR) is 107 cm³/mol. The molecule has 0 aliphatic rings. The van der Waals surface area contributed by atoms with Crippen LogP contribution in [-0.4, -0.2) is 32.9 Å². The molecule has 0 bridgehead atoms. The van der Waals surface area contributed by atoms with E-state index >= 15 is 0 Å². The molecule has 2 aromatic carbocycles. The summed E-state index contributed by atoms with van der Waals surface area (Å²) in [4.78, 5) is 23.8. The molecular weight excluding hydrogens is 441 g/mol. The third kappa shape index (κ3) is 6.44. The van der Waals surface area contributed by atoms with Crippen molar-refractivity contribution < 1.29 is 22.7 Å². The van der Waals surface area contributed by atoms with Crippen molar-refractivity contribution >= 4 is 50.8 Å². The molecule has 0 fully saturated rings. The number of hydrogen-bond donors (Lipinski definition) is 2. The van der Waals surface area contributed by atoms with Crippen LogP contribution < -0.4 is 10.0 Å². The fraction of sp³-hybridized carbons (Fsp3) is 0.167. The monoisotopic (exact) mass is 455 g/mol.